The van der Waals surface area contributed by atoms with Gasteiger partial charge in [-0.15, -0.1) is 0 Å². The Hall–Kier alpha value is -2.80. The van der Waals surface area contributed by atoms with Crippen LogP contribution >= 0.6 is 0 Å². The fraction of sp³-hybridized carbons (Fsp3) is 0.538. The van der Waals surface area contributed by atoms with Gasteiger partial charge in [-0.05, 0) is 69.3 Å². The van der Waals surface area contributed by atoms with Gasteiger partial charge in [0.15, 0.2) is 0 Å². The van der Waals surface area contributed by atoms with Crippen molar-refractivity contribution >= 4 is 17.3 Å². The lowest BCUT2D eigenvalue weighted by molar-refractivity contribution is -0.121. The van der Waals surface area contributed by atoms with Crippen molar-refractivity contribution in [1.82, 2.24) is 4.90 Å². The molecular formula is C26H34N2O5. The van der Waals surface area contributed by atoms with Crippen molar-refractivity contribution < 1.29 is 23.8 Å². The molecule has 3 aliphatic rings. The Bertz CT molecular complexity index is 902. The van der Waals surface area contributed by atoms with Gasteiger partial charge in [-0.3, -0.25) is 9.59 Å². The van der Waals surface area contributed by atoms with E-state index >= 15 is 0 Å². The molecule has 1 saturated heterocycles. The van der Waals surface area contributed by atoms with Crippen LogP contribution < -0.4 is 9.64 Å². The number of hydrogen-bond acceptors (Lipinski definition) is 7. The second kappa shape index (κ2) is 10.4. The maximum Gasteiger partial charge on any atom is 0.228 e. The van der Waals surface area contributed by atoms with E-state index in [2.05, 4.69) is 29.0 Å². The molecule has 0 amide bonds. The van der Waals surface area contributed by atoms with Gasteiger partial charge < -0.3 is 24.0 Å². The predicted molar refractivity (Wildman–Crippen MR) is 126 cm³/mol. The van der Waals surface area contributed by atoms with Crippen molar-refractivity contribution in [1.29, 1.82) is 0 Å². The zero-order chi connectivity index (χ0) is 23.4. The second-order valence-electron chi connectivity index (χ2n) is 9.05. The van der Waals surface area contributed by atoms with Crippen molar-refractivity contribution in [2.24, 2.45) is 5.92 Å². The van der Waals surface area contributed by atoms with Crippen LogP contribution in [0.5, 0.6) is 5.75 Å². The summed E-state index contributed by atoms with van der Waals surface area (Å²) in [5.41, 5.74) is 2.44. The standard InChI is InChI=1S/C26H34N2O5/c1-27-13-15-28(16-14-27)19-6-8-20(9-7-19)33-17-12-18-4-10-21-22(11-5-18)24(30)26(32-3)25(31-2)23(21)29/h6-9,18H,4-5,10-17H2,1-3H3. The quantitative estimate of drug-likeness (QED) is 0.585. The van der Waals surface area contributed by atoms with Crippen LogP contribution in [0.2, 0.25) is 0 Å². The number of piperazine rings is 1. The molecule has 1 aromatic rings. The van der Waals surface area contributed by atoms with Gasteiger partial charge in [0.25, 0.3) is 0 Å². The van der Waals surface area contributed by atoms with Gasteiger partial charge in [0, 0.05) is 43.0 Å². The normalized spacial score (nSPS) is 20.6. The van der Waals surface area contributed by atoms with Crippen molar-refractivity contribution in [3.05, 3.63) is 46.9 Å². The van der Waals surface area contributed by atoms with E-state index in [0.717, 1.165) is 51.2 Å². The average molecular weight is 455 g/mol. The number of nitrogens with zero attached hydrogens (tertiary/aromatic N) is 2. The zero-order valence-corrected chi connectivity index (χ0v) is 19.9. The fourth-order valence-corrected chi connectivity index (χ4v) is 4.95. The number of rotatable bonds is 7. The number of Topliss-reactive ketones (excluding diaryl/α,β-unsaturated/α-hetero) is 2. The number of benzene rings is 1. The summed E-state index contributed by atoms with van der Waals surface area (Å²) in [5.74, 6) is 0.925. The Morgan fingerprint density at radius 3 is 1.91 bits per heavy atom. The number of methoxy groups -OCH3 is 2. The molecule has 4 rings (SSSR count). The molecule has 0 radical (unpaired) electrons. The first kappa shape index (κ1) is 23.4. The number of allylic oxidation sites excluding steroid dienone is 2. The zero-order valence-electron chi connectivity index (χ0n) is 19.9. The molecule has 33 heavy (non-hydrogen) atoms. The van der Waals surface area contributed by atoms with E-state index in [1.807, 2.05) is 12.1 Å². The third-order valence-corrected chi connectivity index (χ3v) is 7.04. The van der Waals surface area contributed by atoms with E-state index in [4.69, 9.17) is 14.2 Å². The van der Waals surface area contributed by atoms with Crippen LogP contribution in [0.15, 0.2) is 46.9 Å². The lowest BCUT2D eigenvalue weighted by Crippen LogP contribution is -2.44. The largest absolute Gasteiger partial charge is 0.494 e. The number of ketones is 2. The van der Waals surface area contributed by atoms with Crippen LogP contribution in [-0.2, 0) is 19.1 Å². The summed E-state index contributed by atoms with van der Waals surface area (Å²) in [6.45, 7) is 4.90. The molecule has 0 aromatic heterocycles. The average Bonchev–Trinajstić information content (AvgIpc) is 3.05. The van der Waals surface area contributed by atoms with Crippen LogP contribution in [0.1, 0.15) is 32.1 Å². The van der Waals surface area contributed by atoms with Crippen LogP contribution in [-0.4, -0.2) is 70.5 Å². The molecule has 7 heteroatoms. The maximum absolute atomic E-state index is 12.8. The summed E-state index contributed by atoms with van der Waals surface area (Å²) >= 11 is 0. The van der Waals surface area contributed by atoms with Gasteiger partial charge in [-0.25, -0.2) is 0 Å². The molecule has 1 aliphatic heterocycles. The van der Waals surface area contributed by atoms with Gasteiger partial charge in [0.1, 0.15) is 5.75 Å². The number of likely N-dealkylation sites (N-methyl/N-ethyl adjacent to an activating group) is 1. The Balaban J connectivity index is 1.27. The summed E-state index contributed by atoms with van der Waals surface area (Å²) in [4.78, 5) is 30.4. The molecule has 7 nitrogen and oxygen atoms in total. The third-order valence-electron chi connectivity index (χ3n) is 7.04. The number of carbonyl (C=O) groups is 2. The minimum atomic E-state index is -0.207. The van der Waals surface area contributed by atoms with Crippen LogP contribution in [0.4, 0.5) is 5.69 Å². The summed E-state index contributed by atoms with van der Waals surface area (Å²) < 4.78 is 16.4. The highest BCUT2D eigenvalue weighted by atomic mass is 16.5. The van der Waals surface area contributed by atoms with E-state index in [9.17, 15) is 9.59 Å². The van der Waals surface area contributed by atoms with E-state index in [0.29, 0.717) is 36.5 Å². The summed E-state index contributed by atoms with van der Waals surface area (Å²) in [7, 11) is 4.97. The Labute approximate surface area is 196 Å². The SMILES string of the molecule is COC1=C(OC)C(=O)C2=C(CCC(CCOc3ccc(N4CCN(C)CC4)cc3)CC2)C1=O. The van der Waals surface area contributed by atoms with Gasteiger partial charge >= 0.3 is 0 Å². The van der Waals surface area contributed by atoms with Gasteiger partial charge in [-0.1, -0.05) is 0 Å². The minimum Gasteiger partial charge on any atom is -0.494 e. The van der Waals surface area contributed by atoms with Crippen LogP contribution in [0.3, 0.4) is 0 Å². The maximum atomic E-state index is 12.8. The van der Waals surface area contributed by atoms with E-state index < -0.39 is 0 Å². The molecule has 2 aliphatic carbocycles. The second-order valence-corrected chi connectivity index (χ2v) is 9.05. The molecule has 1 aromatic carbocycles. The molecule has 1 fully saturated rings. The Morgan fingerprint density at radius 2 is 1.39 bits per heavy atom. The molecule has 0 spiro atoms. The lowest BCUT2D eigenvalue weighted by atomic mass is 9.89. The summed E-state index contributed by atoms with van der Waals surface area (Å²) in [6.07, 6.45) is 3.80. The molecule has 0 bridgehead atoms. The molecule has 0 N–H and O–H groups in total. The minimum absolute atomic E-state index is 0.0306. The predicted octanol–water partition coefficient (Wildman–Crippen LogP) is 3.35. The van der Waals surface area contributed by atoms with Gasteiger partial charge in [0.05, 0.1) is 20.8 Å². The van der Waals surface area contributed by atoms with Crippen LogP contribution in [0.25, 0.3) is 0 Å². The van der Waals surface area contributed by atoms with Gasteiger partial charge in [-0.2, -0.15) is 0 Å². The molecule has 0 saturated carbocycles. The Kier molecular flexibility index (Phi) is 7.38. The van der Waals surface area contributed by atoms with Crippen molar-refractivity contribution in [3.63, 3.8) is 0 Å². The van der Waals surface area contributed by atoms with E-state index in [-0.39, 0.29) is 23.1 Å². The first-order chi connectivity index (χ1) is 16.0. The molecule has 0 unspecified atom stereocenters. The third kappa shape index (κ3) is 5.08. The first-order valence-corrected chi connectivity index (χ1v) is 11.8. The fourth-order valence-electron chi connectivity index (χ4n) is 4.95. The van der Waals surface area contributed by atoms with Crippen molar-refractivity contribution in [3.8, 4) is 5.75 Å². The summed E-state index contributed by atoms with van der Waals surface area (Å²) in [6, 6.07) is 8.36. The monoisotopic (exact) mass is 454 g/mol. The Morgan fingerprint density at radius 1 is 0.848 bits per heavy atom. The molecule has 178 valence electrons. The lowest BCUT2D eigenvalue weighted by Gasteiger charge is -2.34. The smallest absolute Gasteiger partial charge is 0.228 e. The van der Waals surface area contributed by atoms with E-state index in [1.165, 1.54) is 19.9 Å². The number of carbonyl (C=O) groups excluding carboxylic acids is 2. The molecular weight excluding hydrogens is 420 g/mol. The van der Waals surface area contributed by atoms with Gasteiger partial charge in [0.2, 0.25) is 23.1 Å². The summed E-state index contributed by atoms with van der Waals surface area (Å²) in [5, 5.41) is 0. The van der Waals surface area contributed by atoms with Crippen molar-refractivity contribution in [2.75, 3.05) is 59.0 Å². The number of ether oxygens (including phenoxy) is 3. The van der Waals surface area contributed by atoms with Crippen molar-refractivity contribution in [2.45, 2.75) is 32.1 Å². The molecule has 0 atom stereocenters. The highest BCUT2D eigenvalue weighted by Gasteiger charge is 2.37. The van der Waals surface area contributed by atoms with Crippen LogP contribution in [0, 0.1) is 5.92 Å². The first-order valence-electron chi connectivity index (χ1n) is 11.8. The highest BCUT2D eigenvalue weighted by molar-refractivity contribution is 6.23. The number of hydrogen-bond donors (Lipinski definition) is 0. The van der Waals surface area contributed by atoms with E-state index in [1.54, 1.807) is 0 Å². The number of anilines is 1. The molecule has 1 heterocycles. The topological polar surface area (TPSA) is 68.3 Å². The highest BCUT2D eigenvalue weighted by Crippen LogP contribution is 2.37.